The summed E-state index contributed by atoms with van der Waals surface area (Å²) in [7, 11) is 0. The summed E-state index contributed by atoms with van der Waals surface area (Å²) in [6, 6.07) is 14.0. The first-order valence-electron chi connectivity index (χ1n) is 10.0. The normalized spacial score (nSPS) is 15.2. The highest BCUT2D eigenvalue weighted by Crippen LogP contribution is 2.40. The van der Waals surface area contributed by atoms with Crippen LogP contribution in [0.1, 0.15) is 45.7 Å². The Labute approximate surface area is 186 Å². The van der Waals surface area contributed by atoms with Crippen molar-refractivity contribution in [2.24, 2.45) is 5.10 Å². The maximum Gasteiger partial charge on any atom is 0.277 e. The number of hydrogen-bond acceptors (Lipinski definition) is 4. The predicted octanol–water partition coefficient (Wildman–Crippen LogP) is 5.39. The van der Waals surface area contributed by atoms with Gasteiger partial charge in [-0.15, -0.1) is 0 Å². The summed E-state index contributed by atoms with van der Waals surface area (Å²) in [6.45, 7) is 10.9. The molecule has 0 aromatic heterocycles. The van der Waals surface area contributed by atoms with E-state index in [9.17, 15) is 4.79 Å². The zero-order valence-electron chi connectivity index (χ0n) is 18.1. The number of amides is 1. The van der Waals surface area contributed by atoms with Crippen LogP contribution in [0, 0.1) is 0 Å². The van der Waals surface area contributed by atoms with Crippen LogP contribution in [0.25, 0.3) is 5.57 Å². The Morgan fingerprint density at radius 2 is 2.03 bits per heavy atom. The van der Waals surface area contributed by atoms with Crippen molar-refractivity contribution in [1.29, 1.82) is 0 Å². The number of fused-ring (bicyclic) bond motifs is 1. The van der Waals surface area contributed by atoms with Crippen molar-refractivity contribution in [2.75, 3.05) is 11.5 Å². The van der Waals surface area contributed by atoms with Gasteiger partial charge in [-0.2, -0.15) is 5.10 Å². The van der Waals surface area contributed by atoms with E-state index < -0.39 is 0 Å². The molecule has 0 spiro atoms. The summed E-state index contributed by atoms with van der Waals surface area (Å²) < 4.78 is 6.36. The van der Waals surface area contributed by atoms with Gasteiger partial charge in [-0.05, 0) is 76.1 Å². The average molecular weight is 470 g/mol. The molecule has 0 atom stereocenters. The molecule has 0 saturated heterocycles. The molecule has 1 aliphatic rings. The molecule has 2 aromatic rings. The summed E-state index contributed by atoms with van der Waals surface area (Å²) in [4.78, 5) is 14.4. The average Bonchev–Trinajstić information content (AvgIpc) is 2.66. The fourth-order valence-electron chi connectivity index (χ4n) is 4.01. The number of nitrogens with zero attached hydrogens (tertiary/aromatic N) is 2. The SMILES string of the molecule is CC1=CC(C)(C)N(C(C)C)c2ccc(/C=N/NC(=O)COc3cccc(Br)c3)cc21. The van der Waals surface area contributed by atoms with Crippen LogP contribution in [-0.4, -0.2) is 30.3 Å². The number of benzene rings is 2. The molecule has 0 radical (unpaired) electrons. The largest absolute Gasteiger partial charge is 0.484 e. The number of carbonyl (C=O) groups excluding carboxylic acids is 1. The van der Waals surface area contributed by atoms with Crippen LogP contribution in [0.2, 0.25) is 0 Å². The Balaban J connectivity index is 1.66. The van der Waals surface area contributed by atoms with Crippen molar-refractivity contribution in [3.05, 3.63) is 64.1 Å². The summed E-state index contributed by atoms with van der Waals surface area (Å²) in [6.07, 6.45) is 3.96. The van der Waals surface area contributed by atoms with Crippen molar-refractivity contribution in [3.8, 4) is 5.75 Å². The summed E-state index contributed by atoms with van der Waals surface area (Å²) in [5.74, 6) is 0.311. The smallest absolute Gasteiger partial charge is 0.277 e. The molecule has 1 heterocycles. The second kappa shape index (κ2) is 9.04. The molecule has 1 aliphatic heterocycles. The number of hydrazone groups is 1. The third-order valence-electron chi connectivity index (χ3n) is 4.98. The van der Waals surface area contributed by atoms with E-state index in [1.54, 1.807) is 18.3 Å². The highest BCUT2D eigenvalue weighted by Gasteiger charge is 2.32. The number of nitrogens with one attached hydrogen (secondary N) is 1. The number of carbonyl (C=O) groups is 1. The van der Waals surface area contributed by atoms with Gasteiger partial charge in [0, 0.05) is 21.8 Å². The van der Waals surface area contributed by atoms with Crippen LogP contribution in [0.3, 0.4) is 0 Å². The standard InChI is InChI=1S/C24H28BrN3O2/c1-16(2)28-22-10-9-18(11-21(22)17(3)13-24(28,4)5)14-26-27-23(29)15-30-20-8-6-7-19(25)12-20/h6-14,16H,15H2,1-5H3,(H,27,29)/b26-14+. The number of ether oxygens (including phenoxy) is 1. The number of halogens is 1. The molecule has 1 N–H and O–H groups in total. The maximum absolute atomic E-state index is 12.0. The van der Waals surface area contributed by atoms with Crippen molar-refractivity contribution < 1.29 is 9.53 Å². The lowest BCUT2D eigenvalue weighted by Crippen LogP contribution is -2.49. The van der Waals surface area contributed by atoms with Gasteiger partial charge < -0.3 is 9.64 Å². The van der Waals surface area contributed by atoms with Crippen molar-refractivity contribution in [3.63, 3.8) is 0 Å². The molecule has 0 saturated carbocycles. The maximum atomic E-state index is 12.0. The van der Waals surface area contributed by atoms with Crippen molar-refractivity contribution in [1.82, 2.24) is 5.43 Å². The fraction of sp³-hybridized carbons (Fsp3) is 0.333. The van der Waals surface area contributed by atoms with E-state index in [0.29, 0.717) is 11.8 Å². The lowest BCUT2D eigenvalue weighted by Gasteiger charge is -2.46. The quantitative estimate of drug-likeness (QED) is 0.455. The van der Waals surface area contributed by atoms with E-state index in [2.05, 4.69) is 84.2 Å². The van der Waals surface area contributed by atoms with Gasteiger partial charge in [0.1, 0.15) is 5.75 Å². The Hall–Kier alpha value is -2.60. The molecule has 158 valence electrons. The van der Waals surface area contributed by atoms with E-state index in [0.717, 1.165) is 10.0 Å². The first-order chi connectivity index (χ1) is 14.2. The van der Waals surface area contributed by atoms with E-state index in [1.165, 1.54) is 16.8 Å². The molecule has 1 amide bonds. The molecule has 2 aromatic carbocycles. The first-order valence-corrected chi connectivity index (χ1v) is 10.8. The van der Waals surface area contributed by atoms with Gasteiger partial charge in [-0.1, -0.05) is 34.1 Å². The van der Waals surface area contributed by atoms with Crippen LogP contribution in [-0.2, 0) is 4.79 Å². The number of hydrogen-bond donors (Lipinski definition) is 1. The molecular weight excluding hydrogens is 442 g/mol. The van der Waals surface area contributed by atoms with E-state index >= 15 is 0 Å². The minimum Gasteiger partial charge on any atom is -0.484 e. The molecule has 30 heavy (non-hydrogen) atoms. The molecule has 0 unspecified atom stereocenters. The Bertz CT molecular complexity index is 996. The van der Waals surface area contributed by atoms with Gasteiger partial charge in [0.2, 0.25) is 0 Å². The molecular formula is C24H28BrN3O2. The van der Waals surface area contributed by atoms with Crippen molar-refractivity contribution in [2.45, 2.75) is 46.2 Å². The molecule has 0 aliphatic carbocycles. The minimum atomic E-state index is -0.312. The van der Waals surface area contributed by atoms with Crippen molar-refractivity contribution >= 4 is 39.3 Å². The summed E-state index contributed by atoms with van der Waals surface area (Å²) in [5.41, 5.74) is 7.06. The van der Waals surface area contributed by atoms with E-state index in [1.807, 2.05) is 18.2 Å². The third-order valence-corrected chi connectivity index (χ3v) is 5.47. The Morgan fingerprint density at radius 1 is 1.27 bits per heavy atom. The molecule has 5 nitrogen and oxygen atoms in total. The minimum absolute atomic E-state index is 0.0385. The van der Waals surface area contributed by atoms with Gasteiger partial charge in [-0.3, -0.25) is 4.79 Å². The van der Waals surface area contributed by atoms with Crippen LogP contribution >= 0.6 is 15.9 Å². The van der Waals surface area contributed by atoms with Crippen LogP contribution in [0.5, 0.6) is 5.75 Å². The highest BCUT2D eigenvalue weighted by molar-refractivity contribution is 9.10. The lowest BCUT2D eigenvalue weighted by atomic mass is 9.87. The van der Waals surface area contributed by atoms with Crippen LogP contribution in [0.15, 0.2) is 58.1 Å². The predicted molar refractivity (Wildman–Crippen MR) is 127 cm³/mol. The van der Waals surface area contributed by atoms with Gasteiger partial charge >= 0.3 is 0 Å². The van der Waals surface area contributed by atoms with Crippen LogP contribution in [0.4, 0.5) is 5.69 Å². The molecule has 0 fully saturated rings. The number of allylic oxidation sites excluding steroid dienone is 1. The first kappa shape index (κ1) is 22.1. The Kier molecular flexibility index (Phi) is 6.66. The zero-order chi connectivity index (χ0) is 21.9. The van der Waals surface area contributed by atoms with E-state index in [4.69, 9.17) is 4.74 Å². The molecule has 3 rings (SSSR count). The van der Waals surface area contributed by atoms with E-state index in [-0.39, 0.29) is 18.1 Å². The zero-order valence-corrected chi connectivity index (χ0v) is 19.7. The number of rotatable bonds is 6. The van der Waals surface area contributed by atoms with Gasteiger partial charge in [0.15, 0.2) is 6.61 Å². The Morgan fingerprint density at radius 3 is 2.73 bits per heavy atom. The molecule has 0 bridgehead atoms. The monoisotopic (exact) mass is 469 g/mol. The molecule has 6 heteroatoms. The van der Waals surface area contributed by atoms with Gasteiger partial charge in [0.25, 0.3) is 5.91 Å². The second-order valence-corrected chi connectivity index (χ2v) is 9.18. The van der Waals surface area contributed by atoms with Gasteiger partial charge in [-0.25, -0.2) is 5.43 Å². The summed E-state index contributed by atoms with van der Waals surface area (Å²) >= 11 is 3.37. The summed E-state index contributed by atoms with van der Waals surface area (Å²) in [5, 5.41) is 4.08. The highest BCUT2D eigenvalue weighted by atomic mass is 79.9. The fourth-order valence-corrected chi connectivity index (χ4v) is 4.39. The number of anilines is 1. The van der Waals surface area contributed by atoms with Gasteiger partial charge in [0.05, 0.1) is 11.8 Å². The third kappa shape index (κ3) is 5.11. The van der Waals surface area contributed by atoms with Crippen LogP contribution < -0.4 is 15.1 Å². The second-order valence-electron chi connectivity index (χ2n) is 8.26. The lowest BCUT2D eigenvalue weighted by molar-refractivity contribution is -0.123. The topological polar surface area (TPSA) is 53.9 Å².